The monoisotopic (exact) mass is 344 g/mol. The number of carbonyl (C=O) groups excluding carboxylic acids is 1. The molecule has 0 saturated heterocycles. The van der Waals surface area contributed by atoms with Crippen molar-refractivity contribution in [2.75, 3.05) is 0 Å². The average molecular weight is 346 g/mol. The van der Waals surface area contributed by atoms with Gasteiger partial charge >= 0.3 is 0 Å². The van der Waals surface area contributed by atoms with E-state index in [0.29, 0.717) is 0 Å². The van der Waals surface area contributed by atoms with Crippen LogP contribution in [0.2, 0.25) is 5.02 Å². The fourth-order valence-electron chi connectivity index (χ4n) is 1.62. The predicted molar refractivity (Wildman–Crippen MR) is 73.5 cm³/mol. The first-order valence-corrected chi connectivity index (χ1v) is 6.56. The van der Waals surface area contributed by atoms with Gasteiger partial charge in [0.15, 0.2) is 17.4 Å². The van der Waals surface area contributed by atoms with E-state index in [4.69, 9.17) is 11.6 Å². The first kappa shape index (κ1) is 14.2. The number of benzene rings is 2. The van der Waals surface area contributed by atoms with Crippen LogP contribution in [0.25, 0.3) is 0 Å². The lowest BCUT2D eigenvalue weighted by Gasteiger charge is -2.05. The topological polar surface area (TPSA) is 17.1 Å². The largest absolute Gasteiger partial charge is 0.294 e. The van der Waals surface area contributed by atoms with E-state index in [1.807, 2.05) is 0 Å². The van der Waals surface area contributed by atoms with Gasteiger partial charge in [0.25, 0.3) is 0 Å². The van der Waals surface area contributed by atoms with Crippen molar-refractivity contribution in [3.63, 3.8) is 0 Å². The molecule has 0 aromatic heterocycles. The molecule has 0 bridgehead atoms. The normalized spacial score (nSPS) is 10.5. The maximum Gasteiger partial charge on any atom is 0.168 e. The summed E-state index contributed by atoms with van der Waals surface area (Å²) < 4.78 is 26.9. The molecule has 2 aromatic rings. The summed E-state index contributed by atoms with van der Waals surface area (Å²) in [7, 11) is 0. The van der Waals surface area contributed by atoms with Gasteiger partial charge < -0.3 is 0 Å². The summed E-state index contributed by atoms with van der Waals surface area (Å²) in [4.78, 5) is 12.0. The highest BCUT2D eigenvalue weighted by Crippen LogP contribution is 2.22. The van der Waals surface area contributed by atoms with E-state index >= 15 is 0 Å². The van der Waals surface area contributed by atoms with Crippen molar-refractivity contribution in [1.29, 1.82) is 0 Å². The summed E-state index contributed by atoms with van der Waals surface area (Å²) in [6.07, 6.45) is 0.0814. The van der Waals surface area contributed by atoms with Crippen molar-refractivity contribution in [3.05, 3.63) is 68.7 Å². The highest BCUT2D eigenvalue weighted by molar-refractivity contribution is 9.10. The summed E-state index contributed by atoms with van der Waals surface area (Å²) in [5.41, 5.74) is 0.762. The number of halogens is 4. The third-order valence-electron chi connectivity index (χ3n) is 2.59. The molecule has 0 amide bonds. The molecule has 0 aliphatic heterocycles. The van der Waals surface area contributed by atoms with Crippen molar-refractivity contribution in [2.24, 2.45) is 0 Å². The molecular formula is C14H8BrClF2O. The van der Waals surface area contributed by atoms with Crippen LogP contribution in [0, 0.1) is 11.6 Å². The van der Waals surface area contributed by atoms with E-state index in [9.17, 15) is 13.6 Å². The number of ketones is 1. The minimum absolute atomic E-state index is 0.0107. The number of hydrogen-bond donors (Lipinski definition) is 0. The second-order valence-corrected chi connectivity index (χ2v) is 5.30. The smallest absolute Gasteiger partial charge is 0.168 e. The molecule has 0 radical (unpaired) electrons. The van der Waals surface area contributed by atoms with Crippen molar-refractivity contribution >= 4 is 33.3 Å². The highest BCUT2D eigenvalue weighted by atomic mass is 79.9. The van der Waals surface area contributed by atoms with Crippen LogP contribution in [0.15, 0.2) is 40.9 Å². The van der Waals surface area contributed by atoms with Gasteiger partial charge in [-0.05, 0) is 29.8 Å². The van der Waals surface area contributed by atoms with Gasteiger partial charge in [-0.3, -0.25) is 4.79 Å². The van der Waals surface area contributed by atoms with Crippen molar-refractivity contribution in [3.8, 4) is 0 Å². The molecule has 98 valence electrons. The van der Waals surface area contributed by atoms with E-state index in [0.717, 1.165) is 22.2 Å². The quantitative estimate of drug-likeness (QED) is 0.576. The molecule has 0 heterocycles. The minimum atomic E-state index is -1.08. The summed E-state index contributed by atoms with van der Waals surface area (Å²) in [5.74, 6) is -2.50. The molecule has 0 fully saturated rings. The molecule has 0 unspecified atom stereocenters. The van der Waals surface area contributed by atoms with Crippen LogP contribution in [-0.4, -0.2) is 5.78 Å². The Morgan fingerprint density at radius 3 is 2.32 bits per heavy atom. The second kappa shape index (κ2) is 5.80. The minimum Gasteiger partial charge on any atom is -0.294 e. The summed E-state index contributed by atoms with van der Waals surface area (Å²) in [6.45, 7) is 0. The van der Waals surface area contributed by atoms with Gasteiger partial charge in [-0.1, -0.05) is 39.7 Å². The molecule has 0 saturated carbocycles. The lowest BCUT2D eigenvalue weighted by atomic mass is 10.0. The molecule has 19 heavy (non-hydrogen) atoms. The lowest BCUT2D eigenvalue weighted by molar-refractivity contribution is 0.0992. The number of carbonyl (C=O) groups is 1. The predicted octanol–water partition coefficient (Wildman–Crippen LogP) is 4.81. The van der Waals surface area contributed by atoms with Crippen LogP contribution in [0.1, 0.15) is 15.9 Å². The number of Topliss-reactive ketones (excluding diaryl/α,β-unsaturated/α-hetero) is 1. The average Bonchev–Trinajstić information content (AvgIpc) is 2.36. The zero-order valence-corrected chi connectivity index (χ0v) is 11.9. The fraction of sp³-hybridized carbons (Fsp3) is 0.0714. The lowest BCUT2D eigenvalue weighted by Crippen LogP contribution is -2.05. The third-order valence-corrected chi connectivity index (χ3v) is 3.43. The SMILES string of the molecule is O=C(Cc1ccc(Br)cc1)c1cc(F)c(F)cc1Cl. The van der Waals surface area contributed by atoms with Gasteiger partial charge in [0.05, 0.1) is 5.02 Å². The Bertz CT molecular complexity index is 626. The molecule has 0 N–H and O–H groups in total. The van der Waals surface area contributed by atoms with E-state index < -0.39 is 11.6 Å². The van der Waals surface area contributed by atoms with Gasteiger partial charge in [0.2, 0.25) is 0 Å². The van der Waals surface area contributed by atoms with Crippen molar-refractivity contribution in [1.82, 2.24) is 0 Å². The molecular weight excluding hydrogens is 338 g/mol. The first-order chi connectivity index (χ1) is 8.97. The molecule has 5 heteroatoms. The van der Waals surface area contributed by atoms with E-state index in [1.54, 1.807) is 24.3 Å². The van der Waals surface area contributed by atoms with Gasteiger partial charge in [0, 0.05) is 16.5 Å². The molecule has 0 aliphatic rings. The van der Waals surface area contributed by atoms with Crippen molar-refractivity contribution in [2.45, 2.75) is 6.42 Å². The molecule has 2 rings (SSSR count). The van der Waals surface area contributed by atoms with E-state index in [-0.39, 0.29) is 22.8 Å². The Morgan fingerprint density at radius 1 is 1.11 bits per heavy atom. The molecule has 1 nitrogen and oxygen atoms in total. The molecule has 2 aromatic carbocycles. The standard InChI is InChI=1S/C14H8BrClF2O/c15-9-3-1-8(2-4-9)5-14(19)10-6-12(17)13(18)7-11(10)16/h1-4,6-7H,5H2. The Labute approximate surface area is 122 Å². The van der Waals surface area contributed by atoms with Gasteiger partial charge in [-0.25, -0.2) is 8.78 Å². The Morgan fingerprint density at radius 2 is 1.68 bits per heavy atom. The van der Waals surface area contributed by atoms with Gasteiger partial charge in [-0.15, -0.1) is 0 Å². The van der Waals surface area contributed by atoms with Crippen LogP contribution in [0.4, 0.5) is 8.78 Å². The van der Waals surface area contributed by atoms with Crippen LogP contribution in [-0.2, 0) is 6.42 Å². The van der Waals surface area contributed by atoms with Crippen molar-refractivity contribution < 1.29 is 13.6 Å². The van der Waals surface area contributed by atoms with Crippen LogP contribution < -0.4 is 0 Å². The molecule has 0 spiro atoms. The Kier molecular flexibility index (Phi) is 4.32. The van der Waals surface area contributed by atoms with E-state index in [2.05, 4.69) is 15.9 Å². The summed E-state index contributed by atoms with van der Waals surface area (Å²) >= 11 is 9.04. The zero-order valence-electron chi connectivity index (χ0n) is 9.59. The van der Waals surface area contributed by atoms with E-state index in [1.165, 1.54) is 0 Å². The number of rotatable bonds is 3. The van der Waals surface area contributed by atoms with Crippen LogP contribution in [0.5, 0.6) is 0 Å². The number of hydrogen-bond acceptors (Lipinski definition) is 1. The first-order valence-electron chi connectivity index (χ1n) is 5.39. The molecule has 0 aliphatic carbocycles. The maximum absolute atomic E-state index is 13.1. The fourth-order valence-corrected chi connectivity index (χ4v) is 2.14. The van der Waals surface area contributed by atoms with Crippen LogP contribution >= 0.6 is 27.5 Å². The highest BCUT2D eigenvalue weighted by Gasteiger charge is 2.15. The molecule has 0 atom stereocenters. The zero-order chi connectivity index (χ0) is 14.0. The second-order valence-electron chi connectivity index (χ2n) is 3.97. The van der Waals surface area contributed by atoms with Crippen LogP contribution in [0.3, 0.4) is 0 Å². The maximum atomic E-state index is 13.1. The third kappa shape index (κ3) is 3.39. The van der Waals surface area contributed by atoms with Gasteiger partial charge in [-0.2, -0.15) is 0 Å². The summed E-state index contributed by atoms with van der Waals surface area (Å²) in [5, 5.41) is -0.0824. The Balaban J connectivity index is 2.25. The van der Waals surface area contributed by atoms with Gasteiger partial charge in [0.1, 0.15) is 0 Å². The Hall–Kier alpha value is -1.26. The summed E-state index contributed by atoms with van der Waals surface area (Å²) in [6, 6.07) is 8.79.